The highest BCUT2D eigenvalue weighted by atomic mass is 35.5. The molecule has 0 bridgehead atoms. The Hall–Kier alpha value is -1.15. The maximum atomic E-state index is 11.8. The van der Waals surface area contributed by atoms with Crippen LogP contribution in [0.15, 0.2) is 17.6 Å². The van der Waals surface area contributed by atoms with Crippen LogP contribution in [0.1, 0.15) is 43.6 Å². The molecule has 0 radical (unpaired) electrons. The molecule has 0 unspecified atom stereocenters. The minimum Gasteiger partial charge on any atom is -0.465 e. The highest BCUT2D eigenvalue weighted by Crippen LogP contribution is 2.39. The third-order valence-corrected chi connectivity index (χ3v) is 5.35. The van der Waals surface area contributed by atoms with Crippen LogP contribution in [0.5, 0.6) is 0 Å². The minimum absolute atomic E-state index is 0.255. The molecule has 0 atom stereocenters. The number of benzene rings is 1. The third-order valence-electron chi connectivity index (χ3n) is 4.65. The summed E-state index contributed by atoms with van der Waals surface area (Å²) in [7, 11) is 0.757. The molecular formula is C17H23BClNO4S. The van der Waals surface area contributed by atoms with Gasteiger partial charge in [0.15, 0.2) is 0 Å². The molecule has 1 heterocycles. The van der Waals surface area contributed by atoms with Crippen molar-refractivity contribution in [1.29, 1.82) is 0 Å². The predicted molar refractivity (Wildman–Crippen MR) is 105 cm³/mol. The van der Waals surface area contributed by atoms with Crippen molar-refractivity contribution in [3.63, 3.8) is 0 Å². The molecule has 0 spiro atoms. The number of nitrogens with two attached hydrogens (primary N) is 1. The Morgan fingerprint density at radius 2 is 1.88 bits per heavy atom. The molecule has 136 valence electrons. The average Bonchev–Trinajstić information content (AvgIpc) is 2.73. The summed E-state index contributed by atoms with van der Waals surface area (Å²) >= 11 is 10.7. The van der Waals surface area contributed by atoms with Gasteiger partial charge in [0.2, 0.25) is 0 Å². The van der Waals surface area contributed by atoms with Gasteiger partial charge < -0.3 is 19.8 Å². The van der Waals surface area contributed by atoms with Crippen LogP contribution in [0.2, 0.25) is 5.02 Å². The summed E-state index contributed by atoms with van der Waals surface area (Å²) in [5.41, 5.74) is 6.87. The first-order chi connectivity index (χ1) is 11.5. The number of thiol groups is 1. The Labute approximate surface area is 159 Å². The van der Waals surface area contributed by atoms with Gasteiger partial charge >= 0.3 is 13.1 Å². The Balaban J connectivity index is 2.42. The van der Waals surface area contributed by atoms with E-state index in [1.54, 1.807) is 6.07 Å². The lowest BCUT2D eigenvalue weighted by molar-refractivity contribution is 0.00578. The van der Waals surface area contributed by atoms with E-state index in [9.17, 15) is 4.79 Å². The van der Waals surface area contributed by atoms with Crippen LogP contribution in [0.3, 0.4) is 0 Å². The molecule has 0 saturated carbocycles. The molecule has 0 aromatic heterocycles. The molecule has 1 aromatic carbocycles. The minimum atomic E-state index is -0.544. The van der Waals surface area contributed by atoms with Gasteiger partial charge in [0.25, 0.3) is 0 Å². The maximum absolute atomic E-state index is 11.8. The fraction of sp³-hybridized carbons (Fsp3) is 0.471. The zero-order valence-electron chi connectivity index (χ0n) is 15.1. The third kappa shape index (κ3) is 4.00. The number of halogens is 1. The van der Waals surface area contributed by atoms with E-state index in [1.807, 2.05) is 33.8 Å². The van der Waals surface area contributed by atoms with Gasteiger partial charge in [-0.05, 0) is 50.9 Å². The number of hydrogen-bond acceptors (Lipinski definition) is 6. The lowest BCUT2D eigenvalue weighted by Crippen LogP contribution is -2.41. The van der Waals surface area contributed by atoms with E-state index in [0.29, 0.717) is 16.3 Å². The second-order valence-electron chi connectivity index (χ2n) is 6.92. The second kappa shape index (κ2) is 7.23. The maximum Gasteiger partial charge on any atom is 0.491 e. The second-order valence-corrected chi connectivity index (χ2v) is 7.64. The van der Waals surface area contributed by atoms with Crippen LogP contribution in [0, 0.1) is 0 Å². The molecule has 1 fully saturated rings. The van der Waals surface area contributed by atoms with Crippen LogP contribution in [0.4, 0.5) is 5.69 Å². The first-order valence-electron chi connectivity index (χ1n) is 7.86. The number of carbonyl (C=O) groups excluding carboxylic acids is 1. The van der Waals surface area contributed by atoms with E-state index in [-0.39, 0.29) is 11.3 Å². The Morgan fingerprint density at radius 1 is 1.32 bits per heavy atom. The SMILES string of the molecule is COC(=O)c1cc(C=C(CS)B2OC(C)(C)C(C)(C)O2)c(Cl)cc1N. The molecule has 1 aromatic rings. The lowest BCUT2D eigenvalue weighted by atomic mass is 9.78. The number of carbonyl (C=O) groups is 1. The largest absolute Gasteiger partial charge is 0.491 e. The summed E-state index contributed by atoms with van der Waals surface area (Å²) in [5, 5.41) is 0.418. The average molecular weight is 384 g/mol. The lowest BCUT2D eigenvalue weighted by Gasteiger charge is -2.32. The Morgan fingerprint density at radius 3 is 2.36 bits per heavy atom. The predicted octanol–water partition coefficient (Wildman–Crippen LogP) is 3.65. The molecule has 8 heteroatoms. The van der Waals surface area contributed by atoms with Gasteiger partial charge in [-0.1, -0.05) is 17.7 Å². The normalized spacial score (nSPS) is 19.2. The van der Waals surface area contributed by atoms with Crippen molar-refractivity contribution in [1.82, 2.24) is 0 Å². The monoisotopic (exact) mass is 383 g/mol. The zero-order chi connectivity index (χ0) is 19.0. The van der Waals surface area contributed by atoms with E-state index >= 15 is 0 Å². The highest BCUT2D eigenvalue weighted by molar-refractivity contribution is 7.80. The van der Waals surface area contributed by atoms with Crippen molar-refractivity contribution in [3.05, 3.63) is 33.8 Å². The standard InChI is InChI=1S/C17H23BClNO4S/c1-16(2)17(3,4)24-18(23-16)11(9-25)6-10-7-12(15(21)22-5)14(20)8-13(10)19/h6-8,25H,9,20H2,1-5H3. The first-order valence-corrected chi connectivity index (χ1v) is 8.87. The molecule has 2 rings (SSSR count). The van der Waals surface area contributed by atoms with Gasteiger partial charge in [-0.25, -0.2) is 4.79 Å². The molecular weight excluding hydrogens is 361 g/mol. The van der Waals surface area contributed by atoms with Crippen LogP contribution >= 0.6 is 24.2 Å². The number of nitrogen functional groups attached to an aromatic ring is 1. The summed E-state index contributed by atoms with van der Waals surface area (Å²) in [6.07, 6.45) is 1.81. The van der Waals surface area contributed by atoms with Crippen molar-refractivity contribution in [2.75, 3.05) is 18.6 Å². The van der Waals surface area contributed by atoms with Crippen LogP contribution in [-0.4, -0.2) is 37.2 Å². The van der Waals surface area contributed by atoms with Crippen LogP contribution in [0.25, 0.3) is 6.08 Å². The van der Waals surface area contributed by atoms with Gasteiger partial charge in [-0.3, -0.25) is 0 Å². The van der Waals surface area contributed by atoms with E-state index in [4.69, 9.17) is 31.4 Å². The van der Waals surface area contributed by atoms with Gasteiger partial charge in [-0.15, -0.1) is 0 Å². The highest BCUT2D eigenvalue weighted by Gasteiger charge is 2.52. The summed E-state index contributed by atoms with van der Waals surface area (Å²) in [6, 6.07) is 3.12. The fourth-order valence-electron chi connectivity index (χ4n) is 2.39. The van der Waals surface area contributed by atoms with Gasteiger partial charge in [0, 0.05) is 16.5 Å². The first kappa shape index (κ1) is 20.2. The van der Waals surface area contributed by atoms with Crippen molar-refractivity contribution in [2.45, 2.75) is 38.9 Å². The summed E-state index contributed by atoms with van der Waals surface area (Å²) < 4.78 is 16.9. The zero-order valence-corrected chi connectivity index (χ0v) is 16.7. The summed E-state index contributed by atoms with van der Waals surface area (Å²) in [4.78, 5) is 11.8. The smallest absolute Gasteiger partial charge is 0.465 e. The van der Waals surface area contributed by atoms with Gasteiger partial charge in [0.1, 0.15) is 0 Å². The van der Waals surface area contributed by atoms with Crippen molar-refractivity contribution < 1.29 is 18.8 Å². The molecule has 1 aliphatic rings. The van der Waals surface area contributed by atoms with E-state index in [2.05, 4.69) is 12.6 Å². The molecule has 0 amide bonds. The molecule has 1 saturated heterocycles. The van der Waals surface area contributed by atoms with Gasteiger partial charge in [-0.2, -0.15) is 12.6 Å². The number of ether oxygens (including phenoxy) is 1. The fourth-order valence-corrected chi connectivity index (χ4v) is 2.85. The molecule has 1 aliphatic heterocycles. The molecule has 25 heavy (non-hydrogen) atoms. The Kier molecular flexibility index (Phi) is 5.83. The number of esters is 1. The van der Waals surface area contributed by atoms with Crippen LogP contribution < -0.4 is 5.73 Å². The number of rotatable bonds is 4. The van der Waals surface area contributed by atoms with Gasteiger partial charge in [0.05, 0.1) is 23.9 Å². The molecule has 2 N–H and O–H groups in total. The van der Waals surface area contributed by atoms with Crippen molar-refractivity contribution in [2.24, 2.45) is 0 Å². The molecule has 0 aliphatic carbocycles. The number of anilines is 1. The number of methoxy groups -OCH3 is 1. The van der Waals surface area contributed by atoms with E-state index < -0.39 is 24.3 Å². The summed E-state index contributed by atoms with van der Waals surface area (Å²) in [6.45, 7) is 7.92. The Bertz CT molecular complexity index is 705. The molecule has 5 nitrogen and oxygen atoms in total. The quantitative estimate of drug-likeness (QED) is 0.359. The topological polar surface area (TPSA) is 70.8 Å². The van der Waals surface area contributed by atoms with Crippen molar-refractivity contribution >= 4 is 49.1 Å². The van der Waals surface area contributed by atoms with Crippen LogP contribution in [-0.2, 0) is 14.0 Å². The summed E-state index contributed by atoms with van der Waals surface area (Å²) in [5.74, 6) is -0.114. The van der Waals surface area contributed by atoms with E-state index in [0.717, 1.165) is 5.47 Å². The van der Waals surface area contributed by atoms with Crippen molar-refractivity contribution in [3.8, 4) is 0 Å². The number of hydrogen-bond donors (Lipinski definition) is 2. The van der Waals surface area contributed by atoms with E-state index in [1.165, 1.54) is 13.2 Å².